The summed E-state index contributed by atoms with van der Waals surface area (Å²) in [4.78, 5) is 6.81. The molecular weight excluding hydrogens is 214 g/mol. The predicted molar refractivity (Wildman–Crippen MR) is 67.6 cm³/mol. The number of ether oxygens (including phenoxy) is 1. The van der Waals surface area contributed by atoms with Gasteiger partial charge in [0.05, 0.1) is 0 Å². The molecule has 0 unspecified atom stereocenters. The van der Waals surface area contributed by atoms with Crippen molar-refractivity contribution in [3.05, 3.63) is 18.3 Å². The fourth-order valence-electron chi connectivity index (χ4n) is 2.55. The largest absolute Gasteiger partial charge is 0.485 e. The number of hydrogen-bond donors (Lipinski definition) is 1. The lowest BCUT2D eigenvalue weighted by Gasteiger charge is -2.21. The molecule has 2 aliphatic rings. The molecule has 2 saturated heterocycles. The van der Waals surface area contributed by atoms with Crippen molar-refractivity contribution in [3.63, 3.8) is 0 Å². The highest BCUT2D eigenvalue weighted by Crippen LogP contribution is 2.29. The van der Waals surface area contributed by atoms with E-state index in [2.05, 4.69) is 15.2 Å². The SMILES string of the molecule is c1cnc(N2CCCC2)c(O[C@H]2CCNC2)c1. The molecule has 3 rings (SSSR count). The highest BCUT2D eigenvalue weighted by Gasteiger charge is 2.21. The van der Waals surface area contributed by atoms with Crippen molar-refractivity contribution in [1.29, 1.82) is 0 Å². The Morgan fingerprint density at radius 2 is 2.24 bits per heavy atom. The topological polar surface area (TPSA) is 37.4 Å². The summed E-state index contributed by atoms with van der Waals surface area (Å²) in [6, 6.07) is 4.00. The normalized spacial score (nSPS) is 24.2. The van der Waals surface area contributed by atoms with Crippen molar-refractivity contribution in [2.24, 2.45) is 0 Å². The van der Waals surface area contributed by atoms with Crippen LogP contribution in [0.4, 0.5) is 5.82 Å². The Bertz CT molecular complexity index is 371. The molecule has 2 aliphatic heterocycles. The maximum absolute atomic E-state index is 6.05. The first kappa shape index (κ1) is 10.8. The van der Waals surface area contributed by atoms with Crippen LogP contribution in [0, 0.1) is 0 Å². The molecule has 1 N–H and O–H groups in total. The van der Waals surface area contributed by atoms with Crippen LogP contribution in [0.25, 0.3) is 0 Å². The highest BCUT2D eigenvalue weighted by molar-refractivity contribution is 5.52. The van der Waals surface area contributed by atoms with Gasteiger partial charge in [-0.05, 0) is 37.9 Å². The third kappa shape index (κ3) is 2.36. The second kappa shape index (κ2) is 4.92. The molecule has 0 radical (unpaired) electrons. The Morgan fingerprint density at radius 1 is 1.35 bits per heavy atom. The summed E-state index contributed by atoms with van der Waals surface area (Å²) < 4.78 is 6.05. The van der Waals surface area contributed by atoms with Crippen molar-refractivity contribution in [1.82, 2.24) is 10.3 Å². The summed E-state index contributed by atoms with van der Waals surface area (Å²) in [6.45, 7) is 4.23. The zero-order valence-electron chi connectivity index (χ0n) is 10.1. The molecule has 0 aromatic carbocycles. The smallest absolute Gasteiger partial charge is 0.171 e. The fraction of sp³-hybridized carbons (Fsp3) is 0.615. The average Bonchev–Trinajstić information content (AvgIpc) is 3.01. The molecule has 0 bridgehead atoms. The van der Waals surface area contributed by atoms with Crippen molar-refractivity contribution in [2.45, 2.75) is 25.4 Å². The maximum atomic E-state index is 6.05. The molecule has 1 aromatic rings. The molecule has 2 fully saturated rings. The summed E-state index contributed by atoms with van der Waals surface area (Å²) in [6.07, 6.45) is 5.78. The quantitative estimate of drug-likeness (QED) is 0.857. The van der Waals surface area contributed by atoms with Crippen molar-refractivity contribution in [2.75, 3.05) is 31.1 Å². The van der Waals surface area contributed by atoms with Gasteiger partial charge in [-0.2, -0.15) is 0 Å². The lowest BCUT2D eigenvalue weighted by Crippen LogP contribution is -2.23. The van der Waals surface area contributed by atoms with Gasteiger partial charge in [-0.3, -0.25) is 0 Å². The first-order valence-electron chi connectivity index (χ1n) is 6.51. The minimum absolute atomic E-state index is 0.306. The molecular formula is C13H19N3O. The van der Waals surface area contributed by atoms with Gasteiger partial charge in [0.1, 0.15) is 6.10 Å². The van der Waals surface area contributed by atoms with Gasteiger partial charge in [0.2, 0.25) is 0 Å². The van der Waals surface area contributed by atoms with Crippen molar-refractivity contribution in [3.8, 4) is 5.75 Å². The lowest BCUT2D eigenvalue weighted by atomic mass is 10.3. The Balaban J connectivity index is 1.77. The first-order valence-corrected chi connectivity index (χ1v) is 6.51. The van der Waals surface area contributed by atoms with Gasteiger partial charge >= 0.3 is 0 Å². The van der Waals surface area contributed by atoms with E-state index in [1.165, 1.54) is 12.8 Å². The number of anilines is 1. The number of hydrogen-bond acceptors (Lipinski definition) is 4. The first-order chi connectivity index (χ1) is 8.43. The standard InChI is InChI=1S/C13H19N3O/c1-2-9-16(8-1)13-12(4-3-6-15-13)17-11-5-7-14-10-11/h3-4,6,11,14H,1-2,5,7-10H2/t11-/m0/s1. The second-order valence-corrected chi connectivity index (χ2v) is 4.75. The Morgan fingerprint density at radius 3 is 3.00 bits per heavy atom. The molecule has 0 spiro atoms. The summed E-state index contributed by atoms with van der Waals surface area (Å²) >= 11 is 0. The molecule has 1 aromatic heterocycles. The molecule has 1 atom stereocenters. The van der Waals surface area contributed by atoms with E-state index in [0.29, 0.717) is 6.10 Å². The Kier molecular flexibility index (Phi) is 3.14. The lowest BCUT2D eigenvalue weighted by molar-refractivity contribution is 0.223. The number of rotatable bonds is 3. The fourth-order valence-corrected chi connectivity index (χ4v) is 2.55. The molecule has 0 aliphatic carbocycles. The van der Waals surface area contributed by atoms with E-state index in [0.717, 1.165) is 44.2 Å². The summed E-state index contributed by atoms with van der Waals surface area (Å²) in [5, 5.41) is 3.32. The second-order valence-electron chi connectivity index (χ2n) is 4.75. The van der Waals surface area contributed by atoms with Gasteiger partial charge in [0.25, 0.3) is 0 Å². The van der Waals surface area contributed by atoms with E-state index in [9.17, 15) is 0 Å². The van der Waals surface area contributed by atoms with E-state index in [-0.39, 0.29) is 0 Å². The van der Waals surface area contributed by atoms with Crippen LogP contribution in [0.5, 0.6) is 5.75 Å². The predicted octanol–water partition coefficient (Wildman–Crippen LogP) is 1.42. The van der Waals surface area contributed by atoms with Gasteiger partial charge in [-0.15, -0.1) is 0 Å². The van der Waals surface area contributed by atoms with E-state index < -0.39 is 0 Å². The zero-order chi connectivity index (χ0) is 11.5. The maximum Gasteiger partial charge on any atom is 0.171 e. The molecule has 4 heteroatoms. The van der Waals surface area contributed by atoms with Crippen LogP contribution in [-0.2, 0) is 0 Å². The average molecular weight is 233 g/mol. The van der Waals surface area contributed by atoms with Gasteiger partial charge in [-0.1, -0.05) is 0 Å². The van der Waals surface area contributed by atoms with Gasteiger partial charge in [-0.25, -0.2) is 4.98 Å². The van der Waals surface area contributed by atoms with E-state index in [1.54, 1.807) is 0 Å². The van der Waals surface area contributed by atoms with E-state index in [4.69, 9.17) is 4.74 Å². The number of nitrogens with one attached hydrogen (secondary N) is 1. The van der Waals surface area contributed by atoms with Crippen LogP contribution in [-0.4, -0.2) is 37.3 Å². The molecule has 92 valence electrons. The van der Waals surface area contributed by atoms with Crippen LogP contribution >= 0.6 is 0 Å². The monoisotopic (exact) mass is 233 g/mol. The minimum Gasteiger partial charge on any atom is -0.485 e. The van der Waals surface area contributed by atoms with Crippen molar-refractivity contribution >= 4 is 5.82 Å². The molecule has 0 amide bonds. The van der Waals surface area contributed by atoms with Crippen LogP contribution in [0.1, 0.15) is 19.3 Å². The summed E-state index contributed by atoms with van der Waals surface area (Å²) in [7, 11) is 0. The van der Waals surface area contributed by atoms with Crippen LogP contribution in [0.3, 0.4) is 0 Å². The number of pyridine rings is 1. The summed E-state index contributed by atoms with van der Waals surface area (Å²) in [5.41, 5.74) is 0. The van der Waals surface area contributed by atoms with Crippen molar-refractivity contribution < 1.29 is 4.74 Å². The van der Waals surface area contributed by atoms with Gasteiger partial charge < -0.3 is 15.0 Å². The Hall–Kier alpha value is -1.29. The van der Waals surface area contributed by atoms with Crippen LogP contribution in [0.15, 0.2) is 18.3 Å². The summed E-state index contributed by atoms with van der Waals surface area (Å²) in [5.74, 6) is 1.97. The third-order valence-corrected chi connectivity index (χ3v) is 3.47. The van der Waals surface area contributed by atoms with Gasteiger partial charge in [0.15, 0.2) is 11.6 Å². The Labute approximate surface area is 102 Å². The molecule has 0 saturated carbocycles. The minimum atomic E-state index is 0.306. The molecule has 17 heavy (non-hydrogen) atoms. The zero-order valence-corrected chi connectivity index (χ0v) is 10.1. The number of nitrogens with zero attached hydrogens (tertiary/aromatic N) is 2. The molecule has 4 nitrogen and oxygen atoms in total. The third-order valence-electron chi connectivity index (χ3n) is 3.47. The van der Waals surface area contributed by atoms with Gasteiger partial charge in [0, 0.05) is 25.8 Å². The number of aromatic nitrogens is 1. The van der Waals surface area contributed by atoms with E-state index in [1.807, 2.05) is 18.3 Å². The van der Waals surface area contributed by atoms with Crippen LogP contribution < -0.4 is 15.0 Å². The van der Waals surface area contributed by atoms with Crippen LogP contribution in [0.2, 0.25) is 0 Å². The van der Waals surface area contributed by atoms with E-state index >= 15 is 0 Å². The molecule has 3 heterocycles. The highest BCUT2D eigenvalue weighted by atomic mass is 16.5.